The van der Waals surface area contributed by atoms with Crippen molar-refractivity contribution < 1.29 is 0 Å². The lowest BCUT2D eigenvalue weighted by Gasteiger charge is -2.21. The van der Waals surface area contributed by atoms with Crippen molar-refractivity contribution in [1.82, 2.24) is 25.4 Å². The summed E-state index contributed by atoms with van der Waals surface area (Å²) in [5, 5.41) is 15.5. The number of aromatic nitrogens is 3. The lowest BCUT2D eigenvalue weighted by atomic mass is 10.3. The molecule has 2 N–H and O–H groups in total. The van der Waals surface area contributed by atoms with Crippen LogP contribution in [0.3, 0.4) is 0 Å². The molecule has 2 aromatic rings. The normalized spacial score (nSPS) is 18.7. The number of benzene rings is 1. The van der Waals surface area contributed by atoms with Crippen LogP contribution in [-0.4, -0.2) is 46.4 Å². The van der Waals surface area contributed by atoms with Gasteiger partial charge in [0.25, 0.3) is 0 Å². The van der Waals surface area contributed by atoms with Crippen molar-refractivity contribution in [3.63, 3.8) is 0 Å². The summed E-state index contributed by atoms with van der Waals surface area (Å²) in [4.78, 5) is 7.17. The van der Waals surface area contributed by atoms with E-state index in [9.17, 15) is 0 Å². The second-order valence-electron chi connectivity index (χ2n) is 7.01. The zero-order valence-electron chi connectivity index (χ0n) is 16.1. The van der Waals surface area contributed by atoms with Crippen molar-refractivity contribution in [3.05, 3.63) is 40.4 Å². The summed E-state index contributed by atoms with van der Waals surface area (Å²) in [5.74, 6) is 2.91. The van der Waals surface area contributed by atoms with E-state index in [0.29, 0.717) is 12.6 Å². The molecule has 0 saturated carbocycles. The fourth-order valence-electron chi connectivity index (χ4n) is 3.80. The molecule has 3 heterocycles. The van der Waals surface area contributed by atoms with Gasteiger partial charge in [-0.15, -0.1) is 34.2 Å². The van der Waals surface area contributed by atoms with Gasteiger partial charge in [0.1, 0.15) is 12.4 Å². The molecule has 1 aromatic carbocycles. The highest BCUT2D eigenvalue weighted by Crippen LogP contribution is 2.28. The van der Waals surface area contributed by atoms with E-state index in [-0.39, 0.29) is 24.0 Å². The number of halogens is 2. The molecule has 9 heteroatoms. The number of guanidine groups is 1. The number of aryl methyl sites for hydroxylation is 1. The molecule has 4 rings (SSSR count). The maximum Gasteiger partial charge on any atom is 0.191 e. The van der Waals surface area contributed by atoms with Crippen molar-refractivity contribution >= 4 is 51.6 Å². The Morgan fingerprint density at radius 2 is 2.14 bits per heavy atom. The van der Waals surface area contributed by atoms with Crippen molar-refractivity contribution in [2.24, 2.45) is 4.99 Å². The van der Waals surface area contributed by atoms with Gasteiger partial charge >= 0.3 is 0 Å². The topological polar surface area (TPSA) is 70.4 Å². The number of hydrogen-bond acceptors (Lipinski definition) is 4. The lowest BCUT2D eigenvalue weighted by Crippen LogP contribution is -2.44. The Labute approximate surface area is 191 Å². The second kappa shape index (κ2) is 9.91. The number of hydrogen-bond donors (Lipinski definition) is 2. The average Bonchev–Trinajstić information content (AvgIpc) is 3.38. The van der Waals surface area contributed by atoms with Gasteiger partial charge in [0, 0.05) is 43.1 Å². The molecule has 1 saturated heterocycles. The maximum atomic E-state index is 4.76. The van der Waals surface area contributed by atoms with Crippen molar-refractivity contribution in [3.8, 4) is 0 Å². The van der Waals surface area contributed by atoms with E-state index >= 15 is 0 Å². The standard InChI is InChI=1S/C19H26BrN7.HI/c1-2-21-19(22-12-18-25-24-17-8-5-10-27(17)18)23-14-9-11-26(13-14)16-7-4-3-6-15(16)20;/h3-4,6-7,14H,2,5,8-13H2,1H3,(H2,21,22,23);1H. The third kappa shape index (κ3) is 4.79. The summed E-state index contributed by atoms with van der Waals surface area (Å²) in [6.45, 7) is 6.51. The van der Waals surface area contributed by atoms with Gasteiger partial charge in [-0.25, -0.2) is 4.99 Å². The molecule has 1 fully saturated rings. The largest absolute Gasteiger partial charge is 0.368 e. The molecule has 1 unspecified atom stereocenters. The van der Waals surface area contributed by atoms with Crippen LogP contribution in [0.5, 0.6) is 0 Å². The van der Waals surface area contributed by atoms with Gasteiger partial charge in [0.2, 0.25) is 0 Å². The van der Waals surface area contributed by atoms with Gasteiger partial charge in [-0.3, -0.25) is 0 Å². The fourth-order valence-corrected chi connectivity index (χ4v) is 4.33. The molecule has 7 nitrogen and oxygen atoms in total. The summed E-state index contributed by atoms with van der Waals surface area (Å²) in [5.41, 5.74) is 1.25. The molecule has 0 spiro atoms. The maximum absolute atomic E-state index is 4.76. The van der Waals surface area contributed by atoms with Crippen LogP contribution in [0, 0.1) is 0 Å². The van der Waals surface area contributed by atoms with Crippen LogP contribution in [0.4, 0.5) is 5.69 Å². The zero-order chi connectivity index (χ0) is 18.6. The zero-order valence-corrected chi connectivity index (χ0v) is 20.0. The molecule has 0 bridgehead atoms. The van der Waals surface area contributed by atoms with Crippen LogP contribution in [0.25, 0.3) is 0 Å². The van der Waals surface area contributed by atoms with Crippen molar-refractivity contribution in [2.75, 3.05) is 24.5 Å². The Morgan fingerprint density at radius 3 is 2.96 bits per heavy atom. The van der Waals surface area contributed by atoms with Gasteiger partial charge < -0.3 is 20.1 Å². The van der Waals surface area contributed by atoms with E-state index in [2.05, 4.69) is 77.4 Å². The van der Waals surface area contributed by atoms with Crippen molar-refractivity contribution in [1.29, 1.82) is 0 Å². The number of aliphatic imine (C=N–C) groups is 1. The van der Waals surface area contributed by atoms with E-state index in [1.807, 2.05) is 0 Å². The van der Waals surface area contributed by atoms with Crippen LogP contribution < -0.4 is 15.5 Å². The highest BCUT2D eigenvalue weighted by atomic mass is 127. The predicted octanol–water partition coefficient (Wildman–Crippen LogP) is 2.94. The minimum Gasteiger partial charge on any atom is -0.368 e. The van der Waals surface area contributed by atoms with Gasteiger partial charge in [0.15, 0.2) is 11.8 Å². The Hall–Kier alpha value is -1.36. The van der Waals surface area contributed by atoms with Crippen LogP contribution in [-0.2, 0) is 19.5 Å². The first kappa shape index (κ1) is 21.4. The van der Waals surface area contributed by atoms with E-state index in [1.54, 1.807) is 0 Å². The number of nitrogens with zero attached hydrogens (tertiary/aromatic N) is 5. The monoisotopic (exact) mass is 559 g/mol. The third-order valence-electron chi connectivity index (χ3n) is 5.13. The SMILES string of the molecule is CCNC(=NCc1nnc2n1CCC2)NC1CCN(c2ccccc2Br)C1.I. The van der Waals surface area contributed by atoms with Gasteiger partial charge in [-0.05, 0) is 47.8 Å². The third-order valence-corrected chi connectivity index (χ3v) is 5.80. The number of nitrogens with one attached hydrogen (secondary N) is 2. The average molecular weight is 560 g/mol. The smallest absolute Gasteiger partial charge is 0.191 e. The Morgan fingerprint density at radius 1 is 1.29 bits per heavy atom. The Bertz CT molecular complexity index is 822. The highest BCUT2D eigenvalue weighted by Gasteiger charge is 2.24. The van der Waals surface area contributed by atoms with Crippen LogP contribution >= 0.6 is 39.9 Å². The van der Waals surface area contributed by atoms with Crippen LogP contribution in [0.15, 0.2) is 33.7 Å². The van der Waals surface area contributed by atoms with Crippen LogP contribution in [0.2, 0.25) is 0 Å². The highest BCUT2D eigenvalue weighted by molar-refractivity contribution is 14.0. The lowest BCUT2D eigenvalue weighted by molar-refractivity contribution is 0.643. The van der Waals surface area contributed by atoms with E-state index < -0.39 is 0 Å². The first-order valence-corrected chi connectivity index (χ1v) is 10.5. The van der Waals surface area contributed by atoms with E-state index in [0.717, 1.165) is 67.5 Å². The van der Waals surface area contributed by atoms with Gasteiger partial charge in [-0.1, -0.05) is 12.1 Å². The van der Waals surface area contributed by atoms with Gasteiger partial charge in [0.05, 0.1) is 5.69 Å². The molecule has 0 radical (unpaired) electrons. The van der Waals surface area contributed by atoms with Crippen molar-refractivity contribution in [2.45, 2.75) is 45.3 Å². The quantitative estimate of drug-likeness (QED) is 0.335. The molecule has 2 aliphatic rings. The van der Waals surface area contributed by atoms with Gasteiger partial charge in [-0.2, -0.15) is 0 Å². The first-order valence-electron chi connectivity index (χ1n) is 9.70. The number of para-hydroxylation sites is 1. The molecule has 0 aliphatic carbocycles. The summed E-state index contributed by atoms with van der Waals surface area (Å²) in [6, 6.07) is 8.77. The first-order chi connectivity index (χ1) is 13.2. The molecule has 2 aliphatic heterocycles. The van der Waals surface area contributed by atoms with E-state index in [4.69, 9.17) is 4.99 Å². The number of anilines is 1. The molecule has 152 valence electrons. The second-order valence-corrected chi connectivity index (χ2v) is 7.86. The predicted molar refractivity (Wildman–Crippen MR) is 126 cm³/mol. The molecular formula is C19H27BrIN7. The number of rotatable bonds is 5. The molecule has 0 amide bonds. The minimum atomic E-state index is 0. The molecule has 1 aromatic heterocycles. The molecule has 1 atom stereocenters. The van der Waals surface area contributed by atoms with Crippen LogP contribution in [0.1, 0.15) is 31.4 Å². The fraction of sp³-hybridized carbons (Fsp3) is 0.526. The van der Waals surface area contributed by atoms with E-state index in [1.165, 1.54) is 5.69 Å². The molecular weight excluding hydrogens is 533 g/mol. The molecule has 28 heavy (non-hydrogen) atoms. The summed E-state index contributed by atoms with van der Waals surface area (Å²) in [6.07, 6.45) is 3.28. The Kier molecular flexibility index (Phi) is 7.55. The summed E-state index contributed by atoms with van der Waals surface area (Å²) in [7, 11) is 0. The summed E-state index contributed by atoms with van der Waals surface area (Å²) < 4.78 is 3.35. The Balaban J connectivity index is 0.00000225. The number of fused-ring (bicyclic) bond motifs is 1. The minimum absolute atomic E-state index is 0. The summed E-state index contributed by atoms with van der Waals surface area (Å²) >= 11 is 3.66.